The third-order valence-corrected chi connectivity index (χ3v) is 2.66. The van der Waals surface area contributed by atoms with Crippen LogP contribution in [-0.2, 0) is 4.79 Å². The highest BCUT2D eigenvalue weighted by molar-refractivity contribution is 5.47. The van der Waals surface area contributed by atoms with Gasteiger partial charge >= 0.3 is 0 Å². The van der Waals surface area contributed by atoms with E-state index in [1.54, 1.807) is 4.90 Å². The van der Waals surface area contributed by atoms with Gasteiger partial charge in [0, 0.05) is 26.2 Å². The van der Waals surface area contributed by atoms with Crippen molar-refractivity contribution in [2.24, 2.45) is 5.92 Å². The van der Waals surface area contributed by atoms with Crippen molar-refractivity contribution in [2.45, 2.75) is 19.9 Å². The van der Waals surface area contributed by atoms with E-state index in [0.717, 1.165) is 32.6 Å². The van der Waals surface area contributed by atoms with Crippen LogP contribution in [0.4, 0.5) is 0 Å². The summed E-state index contributed by atoms with van der Waals surface area (Å²) >= 11 is 0. The Morgan fingerprint density at radius 3 is 2.21 bits per heavy atom. The standard InChI is InChI=1S/C10H17N3O/c1-9(2)10(7-11)13-5-3-12(8-14)4-6-13/h8-10H,3-6H2,1-2H3. The molecule has 0 aromatic heterocycles. The maximum absolute atomic E-state index is 10.5. The highest BCUT2D eigenvalue weighted by Gasteiger charge is 2.24. The first-order valence-corrected chi connectivity index (χ1v) is 5.02. The van der Waals surface area contributed by atoms with Crippen molar-refractivity contribution in [3.05, 3.63) is 0 Å². The summed E-state index contributed by atoms with van der Waals surface area (Å²) in [5.41, 5.74) is 0. The van der Waals surface area contributed by atoms with Crippen LogP contribution in [-0.4, -0.2) is 48.4 Å². The summed E-state index contributed by atoms with van der Waals surface area (Å²) < 4.78 is 0. The lowest BCUT2D eigenvalue weighted by atomic mass is 10.0. The predicted molar refractivity (Wildman–Crippen MR) is 53.4 cm³/mol. The maximum atomic E-state index is 10.5. The molecule has 0 aromatic carbocycles. The van der Waals surface area contributed by atoms with Gasteiger partial charge in [0.05, 0.1) is 6.07 Å². The second-order valence-corrected chi connectivity index (χ2v) is 4.00. The van der Waals surface area contributed by atoms with Crippen molar-refractivity contribution < 1.29 is 4.79 Å². The fourth-order valence-electron chi connectivity index (χ4n) is 1.77. The number of carbonyl (C=O) groups is 1. The predicted octanol–water partition coefficient (Wildman–Crippen LogP) is 0.309. The van der Waals surface area contributed by atoms with Crippen LogP contribution in [0.1, 0.15) is 13.8 Å². The Hall–Kier alpha value is -1.08. The molecule has 0 N–H and O–H groups in total. The molecule has 0 spiro atoms. The molecule has 0 aliphatic carbocycles. The van der Waals surface area contributed by atoms with Gasteiger partial charge in [-0.25, -0.2) is 0 Å². The number of amides is 1. The Morgan fingerprint density at radius 1 is 1.29 bits per heavy atom. The first kappa shape index (κ1) is 11.0. The van der Waals surface area contributed by atoms with Crippen LogP contribution in [0.5, 0.6) is 0 Å². The lowest BCUT2D eigenvalue weighted by Gasteiger charge is -2.36. The minimum Gasteiger partial charge on any atom is -0.343 e. The quantitative estimate of drug-likeness (QED) is 0.609. The zero-order valence-corrected chi connectivity index (χ0v) is 8.81. The Kier molecular flexibility index (Phi) is 3.90. The molecule has 1 atom stereocenters. The summed E-state index contributed by atoms with van der Waals surface area (Å²) in [6.45, 7) is 7.23. The number of carbonyl (C=O) groups excluding carboxylic acids is 1. The number of hydrogen-bond donors (Lipinski definition) is 0. The topological polar surface area (TPSA) is 47.3 Å². The fraction of sp³-hybridized carbons (Fsp3) is 0.800. The molecule has 1 amide bonds. The summed E-state index contributed by atoms with van der Waals surface area (Å²) in [6, 6.07) is 2.31. The number of hydrogen-bond acceptors (Lipinski definition) is 3. The molecule has 78 valence electrons. The molecule has 1 heterocycles. The van der Waals surface area contributed by atoms with E-state index < -0.39 is 0 Å². The van der Waals surface area contributed by atoms with E-state index in [4.69, 9.17) is 5.26 Å². The van der Waals surface area contributed by atoms with Crippen LogP contribution in [0.3, 0.4) is 0 Å². The van der Waals surface area contributed by atoms with E-state index in [9.17, 15) is 4.79 Å². The van der Waals surface area contributed by atoms with Gasteiger partial charge < -0.3 is 4.90 Å². The van der Waals surface area contributed by atoms with E-state index in [-0.39, 0.29) is 6.04 Å². The highest BCUT2D eigenvalue weighted by Crippen LogP contribution is 2.12. The summed E-state index contributed by atoms with van der Waals surface area (Å²) in [4.78, 5) is 14.4. The first-order valence-electron chi connectivity index (χ1n) is 5.02. The monoisotopic (exact) mass is 195 g/mol. The van der Waals surface area contributed by atoms with Crippen molar-refractivity contribution in [3.8, 4) is 6.07 Å². The zero-order chi connectivity index (χ0) is 10.6. The van der Waals surface area contributed by atoms with Crippen LogP contribution < -0.4 is 0 Å². The maximum Gasteiger partial charge on any atom is 0.209 e. The van der Waals surface area contributed by atoms with Gasteiger partial charge in [-0.05, 0) is 5.92 Å². The smallest absolute Gasteiger partial charge is 0.209 e. The fourth-order valence-corrected chi connectivity index (χ4v) is 1.77. The van der Waals surface area contributed by atoms with Crippen LogP contribution >= 0.6 is 0 Å². The van der Waals surface area contributed by atoms with E-state index in [1.165, 1.54) is 0 Å². The normalized spacial score (nSPS) is 20.6. The molecule has 1 aliphatic heterocycles. The molecule has 14 heavy (non-hydrogen) atoms. The van der Waals surface area contributed by atoms with E-state index >= 15 is 0 Å². The molecule has 0 saturated carbocycles. The molecule has 0 aromatic rings. The molecule has 1 fully saturated rings. The molecule has 1 unspecified atom stereocenters. The third kappa shape index (κ3) is 2.46. The van der Waals surface area contributed by atoms with Crippen molar-refractivity contribution >= 4 is 6.41 Å². The molecule has 0 bridgehead atoms. The van der Waals surface area contributed by atoms with Gasteiger partial charge in [0.2, 0.25) is 6.41 Å². The zero-order valence-electron chi connectivity index (χ0n) is 8.81. The number of piperazine rings is 1. The van der Waals surface area contributed by atoms with Crippen molar-refractivity contribution in [1.29, 1.82) is 5.26 Å². The van der Waals surface area contributed by atoms with Gasteiger partial charge in [0.25, 0.3) is 0 Å². The summed E-state index contributed by atoms with van der Waals surface area (Å²) in [7, 11) is 0. The molecule has 1 aliphatic rings. The van der Waals surface area contributed by atoms with Crippen LogP contribution in [0.25, 0.3) is 0 Å². The van der Waals surface area contributed by atoms with Gasteiger partial charge in [0.1, 0.15) is 6.04 Å². The van der Waals surface area contributed by atoms with Crippen LogP contribution in [0, 0.1) is 17.2 Å². The van der Waals surface area contributed by atoms with Gasteiger partial charge in [-0.15, -0.1) is 0 Å². The average molecular weight is 195 g/mol. The summed E-state index contributed by atoms with van der Waals surface area (Å²) in [5, 5.41) is 9.00. The minimum atomic E-state index is -0.0104. The molecular weight excluding hydrogens is 178 g/mol. The molecular formula is C10H17N3O. The van der Waals surface area contributed by atoms with E-state index in [0.29, 0.717) is 5.92 Å². The Labute approximate surface area is 85.1 Å². The average Bonchev–Trinajstić information content (AvgIpc) is 2.19. The van der Waals surface area contributed by atoms with E-state index in [2.05, 4.69) is 24.8 Å². The van der Waals surface area contributed by atoms with Gasteiger partial charge in [0.15, 0.2) is 0 Å². The Balaban J connectivity index is 2.48. The van der Waals surface area contributed by atoms with E-state index in [1.807, 2.05) is 0 Å². The third-order valence-electron chi connectivity index (χ3n) is 2.66. The lowest BCUT2D eigenvalue weighted by molar-refractivity contribution is -0.119. The molecule has 0 radical (unpaired) electrons. The second kappa shape index (κ2) is 4.97. The first-order chi connectivity index (χ1) is 6.69. The van der Waals surface area contributed by atoms with Crippen LogP contribution in [0.2, 0.25) is 0 Å². The Morgan fingerprint density at radius 2 is 1.86 bits per heavy atom. The molecule has 4 nitrogen and oxygen atoms in total. The number of rotatable bonds is 3. The minimum absolute atomic E-state index is 0.0104. The lowest BCUT2D eigenvalue weighted by Crippen LogP contribution is -2.50. The summed E-state index contributed by atoms with van der Waals surface area (Å²) in [5.74, 6) is 0.350. The SMILES string of the molecule is CC(C)C(C#N)N1CCN(C=O)CC1. The number of nitriles is 1. The molecule has 1 saturated heterocycles. The van der Waals surface area contributed by atoms with Crippen molar-refractivity contribution in [3.63, 3.8) is 0 Å². The molecule has 1 rings (SSSR count). The largest absolute Gasteiger partial charge is 0.343 e. The van der Waals surface area contributed by atoms with Crippen molar-refractivity contribution in [2.75, 3.05) is 26.2 Å². The van der Waals surface area contributed by atoms with Crippen molar-refractivity contribution in [1.82, 2.24) is 9.80 Å². The van der Waals surface area contributed by atoms with Gasteiger partial charge in [-0.2, -0.15) is 5.26 Å². The second-order valence-electron chi connectivity index (χ2n) is 4.00. The molecule has 4 heteroatoms. The van der Waals surface area contributed by atoms with Gasteiger partial charge in [-0.1, -0.05) is 13.8 Å². The summed E-state index contributed by atoms with van der Waals surface area (Å²) in [6.07, 6.45) is 0.883. The number of nitrogens with zero attached hydrogens (tertiary/aromatic N) is 3. The highest BCUT2D eigenvalue weighted by atomic mass is 16.1. The van der Waals surface area contributed by atoms with Crippen LogP contribution in [0.15, 0.2) is 0 Å². The Bertz CT molecular complexity index is 226. The van der Waals surface area contributed by atoms with Gasteiger partial charge in [-0.3, -0.25) is 9.69 Å².